The van der Waals surface area contributed by atoms with Crippen molar-refractivity contribution >= 4 is 46.8 Å². The zero-order valence-electron chi connectivity index (χ0n) is 38.5. The summed E-state index contributed by atoms with van der Waals surface area (Å²) in [6.45, 7) is 18.6. The largest absolute Gasteiger partial charge is 0.480 e. The Balaban J connectivity index is 2.09. The minimum absolute atomic E-state index is 0.0735. The predicted molar refractivity (Wildman–Crippen MR) is 236 cm³/mol. The van der Waals surface area contributed by atoms with E-state index in [9.17, 15) is 43.5 Å². The van der Waals surface area contributed by atoms with Crippen LogP contribution in [0.5, 0.6) is 0 Å². The highest BCUT2D eigenvalue weighted by Gasteiger charge is 2.34. The van der Waals surface area contributed by atoms with Crippen LogP contribution in [0, 0.1) is 11.8 Å². The number of aryl methyl sites for hydroxylation is 1. The summed E-state index contributed by atoms with van der Waals surface area (Å²) in [4.78, 5) is 103. The number of carbonyl (C=O) groups excluding carboxylic acids is 7. The molecule has 4 N–H and O–H groups in total. The summed E-state index contributed by atoms with van der Waals surface area (Å²) in [6.07, 6.45) is 0.826. The molecule has 0 aliphatic rings. The van der Waals surface area contributed by atoms with Crippen molar-refractivity contribution in [3.8, 4) is 11.1 Å². The van der Waals surface area contributed by atoms with Gasteiger partial charge >= 0.3 is 5.97 Å². The lowest BCUT2D eigenvalue weighted by Crippen LogP contribution is -2.51. The van der Waals surface area contributed by atoms with Crippen LogP contribution in [0.3, 0.4) is 0 Å². The van der Waals surface area contributed by atoms with Gasteiger partial charge in [0.2, 0.25) is 17.7 Å². The number of rotatable bonds is 26. The Bertz CT molecular complexity index is 1860. The van der Waals surface area contributed by atoms with Crippen molar-refractivity contribution in [2.75, 3.05) is 6.61 Å². The number of unbranched alkanes of at least 4 members (excludes halogenated alkanes) is 1. The van der Waals surface area contributed by atoms with E-state index in [-0.39, 0.29) is 38.1 Å². The SMILES string of the molecule is CCCCc1ccc(-c2ccc(C(=O)C[C@H](COC(C)(C)C)C(=O)N[C@H](C)C(=O)CCC(=O)N[C@H](C(=O)C[C@@H](C)C(=O)N[C@@H](CC(C)=O)C(=O)O)C(C)OC(C)(C)C)cc2)cc1. The molecule has 6 atom stereocenters. The van der Waals surface area contributed by atoms with Crippen LogP contribution in [0.15, 0.2) is 48.5 Å². The summed E-state index contributed by atoms with van der Waals surface area (Å²) in [6, 6.07) is 11.9. The van der Waals surface area contributed by atoms with Crippen molar-refractivity contribution in [3.05, 3.63) is 59.7 Å². The number of hydrogen-bond donors (Lipinski definition) is 4. The Morgan fingerprint density at radius 3 is 1.79 bits per heavy atom. The molecule has 0 spiro atoms. The van der Waals surface area contributed by atoms with Crippen molar-refractivity contribution in [2.24, 2.45) is 11.8 Å². The first-order valence-corrected chi connectivity index (χ1v) is 21.5. The third-order valence-corrected chi connectivity index (χ3v) is 10.0. The lowest BCUT2D eigenvalue weighted by atomic mass is 9.95. The molecule has 62 heavy (non-hydrogen) atoms. The summed E-state index contributed by atoms with van der Waals surface area (Å²) >= 11 is 0. The molecule has 0 saturated carbocycles. The van der Waals surface area contributed by atoms with Gasteiger partial charge in [-0.25, -0.2) is 4.79 Å². The number of ketones is 4. The average molecular weight is 864 g/mol. The zero-order valence-corrected chi connectivity index (χ0v) is 38.5. The molecule has 342 valence electrons. The molecule has 0 aliphatic carbocycles. The Hall–Kier alpha value is -5.08. The molecular formula is C48H69N3O11. The number of aliphatic carboxylic acids is 1. The maximum atomic E-state index is 13.6. The maximum Gasteiger partial charge on any atom is 0.326 e. The first-order chi connectivity index (χ1) is 28.8. The highest BCUT2D eigenvalue weighted by molar-refractivity contribution is 6.00. The third-order valence-electron chi connectivity index (χ3n) is 10.0. The molecule has 1 unspecified atom stereocenters. The number of ether oxygens (including phenoxy) is 2. The van der Waals surface area contributed by atoms with Crippen LogP contribution in [0.2, 0.25) is 0 Å². The van der Waals surface area contributed by atoms with Crippen LogP contribution in [0.4, 0.5) is 0 Å². The summed E-state index contributed by atoms with van der Waals surface area (Å²) in [5, 5.41) is 17.0. The summed E-state index contributed by atoms with van der Waals surface area (Å²) in [7, 11) is 0. The number of amides is 3. The van der Waals surface area contributed by atoms with E-state index in [1.165, 1.54) is 26.3 Å². The molecule has 3 amide bonds. The minimum Gasteiger partial charge on any atom is -0.480 e. The molecule has 0 saturated heterocycles. The van der Waals surface area contributed by atoms with Gasteiger partial charge in [-0.3, -0.25) is 33.6 Å². The number of carboxylic acids is 1. The number of carboxylic acid groups (broad SMARTS) is 1. The Morgan fingerprint density at radius 2 is 1.27 bits per heavy atom. The normalized spacial score (nSPS) is 14.6. The van der Waals surface area contributed by atoms with E-state index in [1.807, 2.05) is 32.9 Å². The third kappa shape index (κ3) is 19.3. The second-order valence-corrected chi connectivity index (χ2v) is 18.2. The fourth-order valence-corrected chi connectivity index (χ4v) is 6.53. The molecule has 0 aliphatic heterocycles. The van der Waals surface area contributed by atoms with Gasteiger partial charge < -0.3 is 30.5 Å². The molecule has 0 heterocycles. The van der Waals surface area contributed by atoms with E-state index < -0.39 is 94.7 Å². The van der Waals surface area contributed by atoms with Crippen LogP contribution < -0.4 is 16.0 Å². The van der Waals surface area contributed by atoms with Crippen molar-refractivity contribution in [1.82, 2.24) is 16.0 Å². The number of nitrogens with one attached hydrogen (secondary N) is 3. The molecule has 0 fully saturated rings. The van der Waals surface area contributed by atoms with E-state index in [4.69, 9.17) is 9.47 Å². The molecule has 2 aromatic rings. The number of benzene rings is 2. The Labute approximate surface area is 367 Å². The van der Waals surface area contributed by atoms with Crippen LogP contribution in [-0.4, -0.2) is 94.0 Å². The minimum atomic E-state index is -1.46. The fraction of sp³-hybridized carbons (Fsp3) is 0.583. The average Bonchev–Trinajstić information content (AvgIpc) is 3.18. The van der Waals surface area contributed by atoms with Gasteiger partial charge in [-0.05, 0) is 91.8 Å². The molecule has 0 radical (unpaired) electrons. The number of hydrogen-bond acceptors (Lipinski definition) is 10. The van der Waals surface area contributed by atoms with Crippen LogP contribution >= 0.6 is 0 Å². The van der Waals surface area contributed by atoms with Crippen molar-refractivity contribution in [3.63, 3.8) is 0 Å². The highest BCUT2D eigenvalue weighted by Crippen LogP contribution is 2.23. The molecule has 2 rings (SSSR count). The second-order valence-electron chi connectivity index (χ2n) is 18.2. The zero-order chi connectivity index (χ0) is 46.9. The first-order valence-electron chi connectivity index (χ1n) is 21.5. The van der Waals surface area contributed by atoms with Gasteiger partial charge in [0.15, 0.2) is 17.3 Å². The lowest BCUT2D eigenvalue weighted by molar-refractivity contribution is -0.144. The summed E-state index contributed by atoms with van der Waals surface area (Å²) in [5.41, 5.74) is 2.37. The standard InChI is InChI=1S/C48H69N3O11/c1-12-13-14-33-15-17-34(18-16-33)35-19-21-36(22-20-35)40(54)27-37(28-61-47(6,7)8)45(58)49-31(4)39(53)23-24-42(56)51-43(32(5)62-48(9,10)11)41(55)25-29(2)44(57)50-38(46(59)60)26-30(3)52/h15-22,29,31-32,37-38,43H,12-14,23-28H2,1-11H3,(H,49,58)(H,50,57)(H,51,56)(H,59,60)/t29-,31-,32?,37-,38+,43+/m1/s1. The molecule has 14 heteroatoms. The maximum absolute atomic E-state index is 13.6. The molecule has 2 aromatic carbocycles. The number of carbonyl (C=O) groups is 8. The van der Waals surface area contributed by atoms with Gasteiger partial charge in [-0.2, -0.15) is 0 Å². The van der Waals surface area contributed by atoms with E-state index in [0.717, 1.165) is 30.4 Å². The summed E-state index contributed by atoms with van der Waals surface area (Å²) < 4.78 is 11.9. The van der Waals surface area contributed by atoms with Crippen molar-refractivity contribution in [1.29, 1.82) is 0 Å². The van der Waals surface area contributed by atoms with Crippen LogP contribution in [0.25, 0.3) is 11.1 Å². The van der Waals surface area contributed by atoms with Crippen molar-refractivity contribution < 1.29 is 52.9 Å². The van der Waals surface area contributed by atoms with Gasteiger partial charge in [0, 0.05) is 43.6 Å². The van der Waals surface area contributed by atoms with Crippen LogP contribution in [-0.2, 0) is 49.5 Å². The van der Waals surface area contributed by atoms with Gasteiger partial charge in [-0.15, -0.1) is 0 Å². The summed E-state index contributed by atoms with van der Waals surface area (Å²) in [5.74, 6) is -7.02. The Morgan fingerprint density at radius 1 is 0.694 bits per heavy atom. The first kappa shape index (κ1) is 53.1. The lowest BCUT2D eigenvalue weighted by Gasteiger charge is -2.31. The topological polar surface area (TPSA) is 211 Å². The smallest absolute Gasteiger partial charge is 0.326 e. The molecular weight excluding hydrogens is 795 g/mol. The van der Waals surface area contributed by atoms with E-state index >= 15 is 0 Å². The van der Waals surface area contributed by atoms with Crippen LogP contribution in [0.1, 0.15) is 137 Å². The van der Waals surface area contributed by atoms with E-state index in [1.54, 1.807) is 39.8 Å². The molecule has 0 bridgehead atoms. The number of Topliss-reactive ketones (excluding diaryl/α,β-unsaturated/α-hetero) is 4. The van der Waals surface area contributed by atoms with E-state index in [2.05, 4.69) is 47.1 Å². The Kier molecular flexibility index (Phi) is 21.0. The predicted octanol–water partition coefficient (Wildman–Crippen LogP) is 6.39. The monoisotopic (exact) mass is 863 g/mol. The van der Waals surface area contributed by atoms with Crippen molar-refractivity contribution in [2.45, 2.75) is 163 Å². The van der Waals surface area contributed by atoms with Gasteiger partial charge in [0.25, 0.3) is 0 Å². The second kappa shape index (κ2) is 24.5. The highest BCUT2D eigenvalue weighted by atomic mass is 16.5. The van der Waals surface area contributed by atoms with Gasteiger partial charge in [-0.1, -0.05) is 68.8 Å². The fourth-order valence-electron chi connectivity index (χ4n) is 6.53. The molecule has 0 aromatic heterocycles. The van der Waals surface area contributed by atoms with E-state index in [0.29, 0.717) is 5.56 Å². The van der Waals surface area contributed by atoms with Gasteiger partial charge in [0.05, 0.1) is 35.9 Å². The quantitative estimate of drug-likeness (QED) is 0.0762. The molecule has 14 nitrogen and oxygen atoms in total. The van der Waals surface area contributed by atoms with Gasteiger partial charge in [0.1, 0.15) is 17.9 Å².